The summed E-state index contributed by atoms with van der Waals surface area (Å²) in [6, 6.07) is 15.9. The summed E-state index contributed by atoms with van der Waals surface area (Å²) in [5.41, 5.74) is 8.23. The molecule has 1 amide bonds. The largest absolute Gasteiger partial charge is 0.507 e. The second kappa shape index (κ2) is 9.10. The molecular formula is C23H18BrN7O2. The van der Waals surface area contributed by atoms with E-state index in [2.05, 4.69) is 37.6 Å². The fourth-order valence-corrected chi connectivity index (χ4v) is 3.66. The zero-order chi connectivity index (χ0) is 23.5. The number of nitrogens with two attached hydrogens (primary N) is 1. The fraction of sp³-hybridized carbons (Fsp3) is 0.0870. The van der Waals surface area contributed by atoms with Gasteiger partial charge in [0.05, 0.1) is 16.4 Å². The molecule has 0 atom stereocenters. The minimum Gasteiger partial charge on any atom is -0.507 e. The number of nitrogen functional groups attached to an aromatic ring is 1. The summed E-state index contributed by atoms with van der Waals surface area (Å²) in [7, 11) is 0. The van der Waals surface area contributed by atoms with Crippen LogP contribution in [0.1, 0.15) is 0 Å². The Hall–Kier alpha value is -4.23. The molecule has 0 fully saturated rings. The highest BCUT2D eigenvalue weighted by atomic mass is 79.9. The number of nitrogens with zero attached hydrogens (tertiary/aromatic N) is 6. The van der Waals surface area contributed by atoms with Gasteiger partial charge in [0.1, 0.15) is 35.2 Å². The molecule has 4 aromatic rings. The van der Waals surface area contributed by atoms with Crippen molar-refractivity contribution < 1.29 is 9.90 Å². The van der Waals surface area contributed by atoms with Crippen LogP contribution in [0.5, 0.6) is 5.75 Å². The SMILES string of the molecule is C=C(C#N)C(=O)N(CCn1nc(-c2ccc(Br)c(O)c2)c2c(N)ncnc21)c1ccccc1. The van der Waals surface area contributed by atoms with E-state index in [-0.39, 0.29) is 30.2 Å². The Balaban J connectivity index is 1.75. The number of benzene rings is 2. The second-order valence-corrected chi connectivity index (χ2v) is 7.93. The number of aromatic hydroxyl groups is 1. The van der Waals surface area contributed by atoms with E-state index in [0.717, 1.165) is 0 Å². The average Bonchev–Trinajstić information content (AvgIpc) is 3.21. The van der Waals surface area contributed by atoms with Gasteiger partial charge < -0.3 is 15.7 Å². The number of fused-ring (bicyclic) bond motifs is 1. The Morgan fingerprint density at radius 2 is 2.00 bits per heavy atom. The van der Waals surface area contributed by atoms with Crippen molar-refractivity contribution in [3.63, 3.8) is 0 Å². The molecule has 4 rings (SSSR count). The monoisotopic (exact) mass is 503 g/mol. The first-order valence-electron chi connectivity index (χ1n) is 9.82. The number of phenols is 1. The van der Waals surface area contributed by atoms with Gasteiger partial charge in [-0.05, 0) is 40.2 Å². The van der Waals surface area contributed by atoms with Crippen LogP contribution in [0.25, 0.3) is 22.3 Å². The first-order valence-corrected chi connectivity index (χ1v) is 10.6. The number of amides is 1. The number of aromatic nitrogens is 4. The summed E-state index contributed by atoms with van der Waals surface area (Å²) in [6.07, 6.45) is 1.34. The molecule has 33 heavy (non-hydrogen) atoms. The molecule has 0 saturated heterocycles. The molecule has 0 aliphatic rings. The number of rotatable bonds is 6. The van der Waals surface area contributed by atoms with Gasteiger partial charge in [0.25, 0.3) is 5.91 Å². The highest BCUT2D eigenvalue weighted by Crippen LogP contribution is 2.34. The molecule has 0 bridgehead atoms. The van der Waals surface area contributed by atoms with Crippen molar-refractivity contribution in [2.45, 2.75) is 6.54 Å². The standard InChI is InChI=1S/C23H18BrN7O2/c1-14(12-25)23(33)30(16-5-3-2-4-6-16)9-10-31-22-19(21(26)27-13-28-22)20(29-31)15-7-8-17(24)18(32)11-15/h2-8,11,13,32H,1,9-10H2,(H2,26,27,28). The summed E-state index contributed by atoms with van der Waals surface area (Å²) in [4.78, 5) is 22.7. The number of carbonyl (C=O) groups excluding carboxylic acids is 1. The molecule has 3 N–H and O–H groups in total. The minimum absolute atomic E-state index is 0.0569. The lowest BCUT2D eigenvalue weighted by atomic mass is 10.1. The van der Waals surface area contributed by atoms with E-state index in [0.29, 0.717) is 32.5 Å². The van der Waals surface area contributed by atoms with Crippen LogP contribution in [-0.4, -0.2) is 37.3 Å². The molecule has 0 aliphatic heterocycles. The van der Waals surface area contributed by atoms with Gasteiger partial charge in [-0.2, -0.15) is 10.4 Å². The summed E-state index contributed by atoms with van der Waals surface area (Å²) in [6.45, 7) is 4.02. The molecule has 0 spiro atoms. The predicted molar refractivity (Wildman–Crippen MR) is 128 cm³/mol. The first kappa shape index (κ1) is 22.0. The normalized spacial score (nSPS) is 10.7. The number of hydrogen-bond donors (Lipinski definition) is 2. The Morgan fingerprint density at radius 3 is 2.70 bits per heavy atom. The van der Waals surface area contributed by atoms with E-state index >= 15 is 0 Å². The van der Waals surface area contributed by atoms with Gasteiger partial charge >= 0.3 is 0 Å². The molecule has 10 heteroatoms. The van der Waals surface area contributed by atoms with Crippen molar-refractivity contribution >= 4 is 44.4 Å². The number of hydrogen-bond acceptors (Lipinski definition) is 7. The number of phenolic OH excluding ortho intramolecular Hbond substituents is 1. The van der Waals surface area contributed by atoms with Crippen molar-refractivity contribution in [1.82, 2.24) is 19.7 Å². The number of anilines is 2. The van der Waals surface area contributed by atoms with Crippen LogP contribution < -0.4 is 10.6 Å². The Bertz CT molecular complexity index is 1410. The maximum absolute atomic E-state index is 12.8. The van der Waals surface area contributed by atoms with Crippen LogP contribution in [0.3, 0.4) is 0 Å². The number of carbonyl (C=O) groups is 1. The Kier molecular flexibility index (Phi) is 6.06. The minimum atomic E-state index is -0.493. The van der Waals surface area contributed by atoms with Crippen LogP contribution in [0.4, 0.5) is 11.5 Å². The molecule has 0 aliphatic carbocycles. The second-order valence-electron chi connectivity index (χ2n) is 7.08. The molecule has 2 heterocycles. The van der Waals surface area contributed by atoms with E-state index in [1.54, 1.807) is 47.1 Å². The summed E-state index contributed by atoms with van der Waals surface area (Å²) in [5.74, 6) is -0.189. The van der Waals surface area contributed by atoms with E-state index in [9.17, 15) is 9.90 Å². The lowest BCUT2D eigenvalue weighted by molar-refractivity contribution is -0.114. The number of nitriles is 1. The Morgan fingerprint density at radius 1 is 1.24 bits per heavy atom. The van der Waals surface area contributed by atoms with Gasteiger partial charge in [-0.15, -0.1) is 0 Å². The van der Waals surface area contributed by atoms with Crippen molar-refractivity contribution in [3.05, 3.63) is 71.5 Å². The molecule has 0 saturated carbocycles. The lowest BCUT2D eigenvalue weighted by Gasteiger charge is -2.22. The third kappa shape index (κ3) is 4.26. The van der Waals surface area contributed by atoms with Gasteiger partial charge in [0.2, 0.25) is 0 Å². The van der Waals surface area contributed by atoms with Gasteiger partial charge in [0, 0.05) is 17.8 Å². The van der Waals surface area contributed by atoms with Crippen LogP contribution in [0.2, 0.25) is 0 Å². The summed E-state index contributed by atoms with van der Waals surface area (Å²) < 4.78 is 2.18. The molecular weight excluding hydrogens is 486 g/mol. The van der Waals surface area contributed by atoms with Crippen LogP contribution in [0, 0.1) is 11.3 Å². The lowest BCUT2D eigenvalue weighted by Crippen LogP contribution is -2.34. The van der Waals surface area contributed by atoms with Crippen molar-refractivity contribution in [1.29, 1.82) is 5.26 Å². The summed E-state index contributed by atoms with van der Waals surface area (Å²) >= 11 is 3.27. The molecule has 0 radical (unpaired) electrons. The highest BCUT2D eigenvalue weighted by molar-refractivity contribution is 9.10. The topological polar surface area (TPSA) is 134 Å². The van der Waals surface area contributed by atoms with Crippen molar-refractivity contribution in [2.75, 3.05) is 17.2 Å². The number of halogens is 1. The third-order valence-electron chi connectivity index (χ3n) is 5.02. The van der Waals surface area contributed by atoms with Crippen molar-refractivity contribution in [2.24, 2.45) is 0 Å². The molecule has 164 valence electrons. The molecule has 9 nitrogen and oxygen atoms in total. The van der Waals surface area contributed by atoms with E-state index < -0.39 is 5.91 Å². The Labute approximate surface area is 197 Å². The third-order valence-corrected chi connectivity index (χ3v) is 5.69. The summed E-state index contributed by atoms with van der Waals surface area (Å²) in [5, 5.41) is 24.5. The zero-order valence-corrected chi connectivity index (χ0v) is 18.9. The highest BCUT2D eigenvalue weighted by Gasteiger charge is 2.21. The fourth-order valence-electron chi connectivity index (χ4n) is 3.41. The zero-order valence-electron chi connectivity index (χ0n) is 17.3. The van der Waals surface area contributed by atoms with Crippen LogP contribution in [0.15, 0.2) is 71.5 Å². The molecule has 0 unspecified atom stereocenters. The van der Waals surface area contributed by atoms with Gasteiger partial charge in [0.15, 0.2) is 5.65 Å². The predicted octanol–water partition coefficient (Wildman–Crippen LogP) is 3.66. The van der Waals surface area contributed by atoms with Crippen LogP contribution in [-0.2, 0) is 11.3 Å². The maximum atomic E-state index is 12.8. The number of para-hydroxylation sites is 1. The quantitative estimate of drug-likeness (QED) is 0.302. The first-order chi connectivity index (χ1) is 15.9. The van der Waals surface area contributed by atoms with E-state index in [4.69, 9.17) is 11.0 Å². The van der Waals surface area contributed by atoms with E-state index in [1.165, 1.54) is 11.2 Å². The van der Waals surface area contributed by atoms with Crippen molar-refractivity contribution in [3.8, 4) is 23.1 Å². The van der Waals surface area contributed by atoms with Gasteiger partial charge in [-0.3, -0.25) is 4.79 Å². The maximum Gasteiger partial charge on any atom is 0.268 e. The van der Waals surface area contributed by atoms with Gasteiger partial charge in [-0.1, -0.05) is 30.8 Å². The van der Waals surface area contributed by atoms with Crippen LogP contribution >= 0.6 is 15.9 Å². The smallest absolute Gasteiger partial charge is 0.268 e. The molecule has 2 aromatic carbocycles. The average molecular weight is 504 g/mol. The van der Waals surface area contributed by atoms with E-state index in [1.807, 2.05) is 12.1 Å². The van der Waals surface area contributed by atoms with Gasteiger partial charge in [-0.25, -0.2) is 14.6 Å². The molecule has 2 aromatic heterocycles.